The summed E-state index contributed by atoms with van der Waals surface area (Å²) >= 11 is 0. The van der Waals surface area contributed by atoms with Crippen LogP contribution in [0.3, 0.4) is 0 Å². The van der Waals surface area contributed by atoms with Crippen LogP contribution in [-0.2, 0) is 4.74 Å². The van der Waals surface area contributed by atoms with Crippen LogP contribution < -0.4 is 0 Å². The Balaban J connectivity index is 2.45. The van der Waals surface area contributed by atoms with Crippen LogP contribution >= 0.6 is 0 Å². The molecule has 2 aromatic rings. The summed E-state index contributed by atoms with van der Waals surface area (Å²) in [6.45, 7) is 7.93. The maximum Gasteiger partial charge on any atom is 0.342 e. The second-order valence-corrected chi connectivity index (χ2v) is 4.90. The Kier molecular flexibility index (Phi) is 4.99. The average Bonchev–Trinajstić information content (AvgIpc) is 2.94. The van der Waals surface area contributed by atoms with Crippen LogP contribution in [0.2, 0.25) is 0 Å². The molecule has 0 saturated heterocycles. The van der Waals surface area contributed by atoms with E-state index in [9.17, 15) is 4.79 Å². The van der Waals surface area contributed by atoms with Crippen molar-refractivity contribution in [2.75, 3.05) is 6.61 Å². The Labute approximate surface area is 125 Å². The summed E-state index contributed by atoms with van der Waals surface area (Å²) in [5.74, 6) is 1.17. The smallest absolute Gasteiger partial charge is 0.342 e. The molecule has 1 aromatic carbocycles. The first kappa shape index (κ1) is 15.1. The van der Waals surface area contributed by atoms with Gasteiger partial charge in [-0.05, 0) is 19.4 Å². The summed E-state index contributed by atoms with van der Waals surface area (Å²) < 4.78 is 11.1. The van der Waals surface area contributed by atoms with Gasteiger partial charge in [0, 0.05) is 11.5 Å². The molecule has 2 rings (SSSR count). The minimum absolute atomic E-state index is 0.174. The van der Waals surface area contributed by atoms with Gasteiger partial charge in [0.2, 0.25) is 0 Å². The molecule has 0 aliphatic rings. The van der Waals surface area contributed by atoms with Crippen molar-refractivity contribution in [1.82, 2.24) is 0 Å². The Morgan fingerprint density at radius 2 is 2.10 bits per heavy atom. The Hall–Kier alpha value is -2.29. The number of hydrogen-bond acceptors (Lipinski definition) is 3. The van der Waals surface area contributed by atoms with Crippen molar-refractivity contribution in [3.8, 4) is 11.3 Å². The molecule has 21 heavy (non-hydrogen) atoms. The van der Waals surface area contributed by atoms with Gasteiger partial charge in [0.15, 0.2) is 0 Å². The fourth-order valence-electron chi connectivity index (χ4n) is 2.18. The third-order valence-corrected chi connectivity index (χ3v) is 3.29. The molecule has 0 N–H and O–H groups in total. The first-order valence-corrected chi connectivity index (χ1v) is 7.14. The van der Waals surface area contributed by atoms with Gasteiger partial charge in [-0.15, -0.1) is 6.58 Å². The van der Waals surface area contributed by atoms with Crippen LogP contribution in [0.1, 0.15) is 42.3 Å². The number of hydrogen-bond donors (Lipinski definition) is 0. The first-order chi connectivity index (χ1) is 10.2. The van der Waals surface area contributed by atoms with Gasteiger partial charge in [-0.3, -0.25) is 0 Å². The van der Waals surface area contributed by atoms with Gasteiger partial charge in [-0.25, -0.2) is 4.79 Å². The number of benzene rings is 1. The molecule has 0 bridgehead atoms. The molecule has 0 radical (unpaired) electrons. The highest BCUT2D eigenvalue weighted by Crippen LogP contribution is 2.32. The van der Waals surface area contributed by atoms with E-state index in [1.165, 1.54) is 0 Å². The lowest BCUT2D eigenvalue weighted by Gasteiger charge is -2.04. The lowest BCUT2D eigenvalue weighted by atomic mass is 10.0. The SMILES string of the molecule is C=CCC(C)c1cc(C(=O)OCC)c(-c2ccccc2)o1. The van der Waals surface area contributed by atoms with E-state index < -0.39 is 0 Å². The molecule has 0 saturated carbocycles. The summed E-state index contributed by atoms with van der Waals surface area (Å²) in [5, 5.41) is 0. The number of esters is 1. The zero-order valence-corrected chi connectivity index (χ0v) is 12.5. The molecule has 1 heterocycles. The standard InChI is InChI=1S/C18H20O3/c1-4-9-13(3)16-12-15(18(19)20-5-2)17(21-16)14-10-7-6-8-11-14/h4,6-8,10-13H,1,5,9H2,2-3H3. The first-order valence-electron chi connectivity index (χ1n) is 7.14. The number of carbonyl (C=O) groups excluding carboxylic acids is 1. The van der Waals surface area contributed by atoms with Crippen molar-refractivity contribution in [2.24, 2.45) is 0 Å². The van der Waals surface area contributed by atoms with Crippen molar-refractivity contribution >= 4 is 5.97 Å². The van der Waals surface area contributed by atoms with Gasteiger partial charge in [0.1, 0.15) is 17.1 Å². The molecule has 1 unspecified atom stereocenters. The lowest BCUT2D eigenvalue weighted by Crippen LogP contribution is -2.04. The highest BCUT2D eigenvalue weighted by Gasteiger charge is 2.22. The molecule has 0 amide bonds. The second kappa shape index (κ2) is 6.93. The van der Waals surface area contributed by atoms with E-state index in [0.29, 0.717) is 17.9 Å². The fourth-order valence-corrected chi connectivity index (χ4v) is 2.18. The minimum Gasteiger partial charge on any atom is -0.462 e. The predicted octanol–water partition coefficient (Wildman–Crippen LogP) is 4.80. The predicted molar refractivity (Wildman–Crippen MR) is 83.3 cm³/mol. The Bertz CT molecular complexity index is 611. The molecule has 0 aliphatic heterocycles. The van der Waals surface area contributed by atoms with Crippen LogP contribution in [0.5, 0.6) is 0 Å². The highest BCUT2D eigenvalue weighted by atomic mass is 16.5. The summed E-state index contributed by atoms with van der Waals surface area (Å²) in [5.41, 5.74) is 1.35. The zero-order valence-electron chi connectivity index (χ0n) is 12.5. The molecule has 3 nitrogen and oxygen atoms in total. The van der Waals surface area contributed by atoms with E-state index in [4.69, 9.17) is 9.15 Å². The van der Waals surface area contributed by atoms with Crippen LogP contribution in [0.15, 0.2) is 53.5 Å². The van der Waals surface area contributed by atoms with E-state index >= 15 is 0 Å². The van der Waals surface area contributed by atoms with Gasteiger partial charge in [-0.2, -0.15) is 0 Å². The van der Waals surface area contributed by atoms with Gasteiger partial charge in [0.25, 0.3) is 0 Å². The van der Waals surface area contributed by atoms with Crippen molar-refractivity contribution < 1.29 is 13.9 Å². The number of ether oxygens (including phenoxy) is 1. The summed E-state index contributed by atoms with van der Waals surface area (Å²) in [6.07, 6.45) is 2.64. The Morgan fingerprint density at radius 3 is 2.71 bits per heavy atom. The molecular formula is C18H20O3. The van der Waals surface area contributed by atoms with Crippen molar-refractivity contribution in [3.63, 3.8) is 0 Å². The van der Waals surface area contributed by atoms with Crippen LogP contribution in [0.4, 0.5) is 0 Å². The van der Waals surface area contributed by atoms with Crippen molar-refractivity contribution in [1.29, 1.82) is 0 Å². The molecule has 0 spiro atoms. The number of furan rings is 1. The number of rotatable bonds is 6. The largest absolute Gasteiger partial charge is 0.462 e. The molecule has 110 valence electrons. The Morgan fingerprint density at radius 1 is 1.38 bits per heavy atom. The maximum atomic E-state index is 12.1. The molecule has 1 atom stereocenters. The number of carbonyl (C=O) groups is 1. The van der Waals surface area contributed by atoms with Crippen LogP contribution in [-0.4, -0.2) is 12.6 Å². The summed E-state index contributed by atoms with van der Waals surface area (Å²) in [4.78, 5) is 12.1. The third kappa shape index (κ3) is 3.43. The molecule has 3 heteroatoms. The van der Waals surface area contributed by atoms with E-state index in [1.807, 2.05) is 43.3 Å². The fraction of sp³-hybridized carbons (Fsp3) is 0.278. The van der Waals surface area contributed by atoms with Crippen LogP contribution in [0, 0.1) is 0 Å². The quantitative estimate of drug-likeness (QED) is 0.565. The lowest BCUT2D eigenvalue weighted by molar-refractivity contribution is 0.0527. The number of allylic oxidation sites excluding steroid dienone is 1. The van der Waals surface area contributed by atoms with Crippen LogP contribution in [0.25, 0.3) is 11.3 Å². The van der Waals surface area contributed by atoms with Gasteiger partial charge < -0.3 is 9.15 Å². The van der Waals surface area contributed by atoms with E-state index in [-0.39, 0.29) is 11.9 Å². The molecule has 0 fully saturated rings. The maximum absolute atomic E-state index is 12.1. The summed E-state index contributed by atoms with van der Waals surface area (Å²) in [7, 11) is 0. The molecule has 1 aromatic heterocycles. The topological polar surface area (TPSA) is 39.4 Å². The highest BCUT2D eigenvalue weighted by molar-refractivity contribution is 5.96. The average molecular weight is 284 g/mol. The van der Waals surface area contributed by atoms with Gasteiger partial charge in [-0.1, -0.05) is 43.3 Å². The van der Waals surface area contributed by atoms with E-state index in [1.54, 1.807) is 13.0 Å². The molecular weight excluding hydrogens is 264 g/mol. The van der Waals surface area contributed by atoms with E-state index in [0.717, 1.165) is 17.7 Å². The van der Waals surface area contributed by atoms with E-state index in [2.05, 4.69) is 6.58 Å². The molecule has 0 aliphatic carbocycles. The summed E-state index contributed by atoms with van der Waals surface area (Å²) in [6, 6.07) is 11.4. The normalized spacial score (nSPS) is 11.9. The minimum atomic E-state index is -0.350. The van der Waals surface area contributed by atoms with Crippen molar-refractivity contribution in [2.45, 2.75) is 26.2 Å². The zero-order chi connectivity index (χ0) is 15.2. The van der Waals surface area contributed by atoms with Gasteiger partial charge in [0.05, 0.1) is 6.61 Å². The third-order valence-electron chi connectivity index (χ3n) is 3.29. The van der Waals surface area contributed by atoms with Crippen molar-refractivity contribution in [3.05, 3.63) is 60.4 Å². The van der Waals surface area contributed by atoms with Gasteiger partial charge >= 0.3 is 5.97 Å². The second-order valence-electron chi connectivity index (χ2n) is 4.90. The monoisotopic (exact) mass is 284 g/mol.